The summed E-state index contributed by atoms with van der Waals surface area (Å²) in [6.45, 7) is 7.74. The van der Waals surface area contributed by atoms with E-state index in [2.05, 4.69) is 13.8 Å². The van der Waals surface area contributed by atoms with Crippen molar-refractivity contribution < 1.29 is 13.7 Å². The second-order valence-corrected chi connectivity index (χ2v) is 9.01. The third-order valence-electron chi connectivity index (χ3n) is 4.61. The Morgan fingerprint density at radius 2 is 0.846 bits per heavy atom. The quantitative estimate of drug-likeness (QED) is 0.204. The molecule has 0 aromatic carbocycles. The van der Waals surface area contributed by atoms with Crippen LogP contribution in [0.1, 0.15) is 104 Å². The molecule has 0 aromatic heterocycles. The van der Waals surface area contributed by atoms with Gasteiger partial charge in [-0.1, -0.05) is 78.1 Å². The van der Waals surface area contributed by atoms with Crippen molar-refractivity contribution in [2.75, 3.05) is 37.9 Å². The van der Waals surface area contributed by atoms with Gasteiger partial charge in [0.2, 0.25) is 0 Å². The number of ether oxygens (including phenoxy) is 2. The molecule has 0 unspecified atom stereocenters. The van der Waals surface area contributed by atoms with Gasteiger partial charge in [-0.25, -0.2) is 0 Å². The first-order valence-corrected chi connectivity index (χ1v) is 12.8. The second kappa shape index (κ2) is 23.1. The molecule has 0 radical (unpaired) electrons. The SMILES string of the molecule is CCCCCCCCOCCCS(=O)CCCOCCCCCCCC. The largest absolute Gasteiger partial charge is 0.381 e. The molecule has 0 atom stereocenters. The summed E-state index contributed by atoms with van der Waals surface area (Å²) >= 11 is 0. The summed E-state index contributed by atoms with van der Waals surface area (Å²) in [5.74, 6) is 1.54. The lowest BCUT2D eigenvalue weighted by Gasteiger charge is -2.06. The molecule has 0 spiro atoms. The van der Waals surface area contributed by atoms with E-state index in [0.717, 1.165) is 50.8 Å². The molecular weight excluding hydrogens is 344 g/mol. The minimum absolute atomic E-state index is 0.705. The highest BCUT2D eigenvalue weighted by Crippen LogP contribution is 2.06. The molecule has 0 saturated carbocycles. The van der Waals surface area contributed by atoms with E-state index in [1.54, 1.807) is 0 Å². The molecule has 0 aliphatic heterocycles. The predicted molar refractivity (Wildman–Crippen MR) is 116 cm³/mol. The summed E-state index contributed by atoms with van der Waals surface area (Å²) in [6, 6.07) is 0. The fourth-order valence-corrected chi connectivity index (χ4v) is 4.00. The number of unbranched alkanes of at least 4 members (excludes halogenated alkanes) is 10. The Bertz CT molecular complexity index is 259. The highest BCUT2D eigenvalue weighted by Gasteiger charge is 2.00. The summed E-state index contributed by atoms with van der Waals surface area (Å²) in [7, 11) is -0.705. The zero-order valence-corrected chi connectivity index (χ0v) is 18.6. The minimum atomic E-state index is -0.705. The van der Waals surface area contributed by atoms with Crippen molar-refractivity contribution >= 4 is 10.8 Å². The molecule has 0 saturated heterocycles. The van der Waals surface area contributed by atoms with E-state index in [0.29, 0.717) is 0 Å². The van der Waals surface area contributed by atoms with E-state index in [1.165, 1.54) is 77.0 Å². The zero-order chi connectivity index (χ0) is 19.1. The maximum atomic E-state index is 11.9. The second-order valence-electron chi connectivity index (χ2n) is 7.32. The summed E-state index contributed by atoms with van der Waals surface area (Å²) in [4.78, 5) is 0. The van der Waals surface area contributed by atoms with Gasteiger partial charge in [-0.3, -0.25) is 4.21 Å². The highest BCUT2D eigenvalue weighted by molar-refractivity contribution is 7.84. The molecule has 3 nitrogen and oxygen atoms in total. The molecule has 0 rings (SSSR count). The molecule has 0 aliphatic carbocycles. The van der Waals surface area contributed by atoms with Crippen LogP contribution >= 0.6 is 0 Å². The normalized spacial score (nSPS) is 11.5. The van der Waals surface area contributed by atoms with Crippen LogP contribution in [0.25, 0.3) is 0 Å². The Morgan fingerprint density at radius 1 is 0.500 bits per heavy atom. The van der Waals surface area contributed by atoms with Gasteiger partial charge in [-0.2, -0.15) is 0 Å². The van der Waals surface area contributed by atoms with Crippen LogP contribution in [0, 0.1) is 0 Å². The Morgan fingerprint density at radius 3 is 1.27 bits per heavy atom. The first-order valence-electron chi connectivity index (χ1n) is 11.3. The average molecular weight is 391 g/mol. The smallest absolute Gasteiger partial charge is 0.0474 e. The molecule has 0 amide bonds. The van der Waals surface area contributed by atoms with Crippen molar-refractivity contribution in [3.8, 4) is 0 Å². The third-order valence-corrected chi connectivity index (χ3v) is 6.09. The summed E-state index contributed by atoms with van der Waals surface area (Å²) in [6.07, 6.45) is 17.5. The lowest BCUT2D eigenvalue weighted by Crippen LogP contribution is -2.09. The van der Waals surface area contributed by atoms with Gasteiger partial charge in [-0.15, -0.1) is 0 Å². The van der Waals surface area contributed by atoms with E-state index in [-0.39, 0.29) is 0 Å². The molecule has 0 heterocycles. The van der Waals surface area contributed by atoms with Crippen molar-refractivity contribution in [3.05, 3.63) is 0 Å². The summed E-state index contributed by atoms with van der Waals surface area (Å²) in [5.41, 5.74) is 0. The van der Waals surface area contributed by atoms with Crippen LogP contribution in [-0.4, -0.2) is 42.1 Å². The number of hydrogen-bond acceptors (Lipinski definition) is 3. The molecule has 0 bridgehead atoms. The topological polar surface area (TPSA) is 35.5 Å². The molecule has 158 valence electrons. The Hall–Kier alpha value is 0.0700. The van der Waals surface area contributed by atoms with Gasteiger partial charge in [0.1, 0.15) is 0 Å². The van der Waals surface area contributed by atoms with E-state index < -0.39 is 10.8 Å². The first-order chi connectivity index (χ1) is 12.8. The molecule has 0 N–H and O–H groups in total. The van der Waals surface area contributed by atoms with Gasteiger partial charge in [0.15, 0.2) is 0 Å². The summed E-state index contributed by atoms with van der Waals surface area (Å²) in [5, 5.41) is 0. The van der Waals surface area contributed by atoms with Crippen molar-refractivity contribution in [3.63, 3.8) is 0 Å². The van der Waals surface area contributed by atoms with Crippen molar-refractivity contribution in [2.45, 2.75) is 104 Å². The van der Waals surface area contributed by atoms with Crippen LogP contribution in [0.2, 0.25) is 0 Å². The van der Waals surface area contributed by atoms with Gasteiger partial charge in [0.05, 0.1) is 0 Å². The maximum absolute atomic E-state index is 11.9. The lowest BCUT2D eigenvalue weighted by molar-refractivity contribution is 0.130. The lowest BCUT2D eigenvalue weighted by atomic mass is 10.1. The van der Waals surface area contributed by atoms with Gasteiger partial charge < -0.3 is 9.47 Å². The van der Waals surface area contributed by atoms with Crippen molar-refractivity contribution in [1.82, 2.24) is 0 Å². The average Bonchev–Trinajstić information content (AvgIpc) is 2.64. The molecule has 0 aliphatic rings. The third kappa shape index (κ3) is 22.1. The number of rotatable bonds is 22. The minimum Gasteiger partial charge on any atom is -0.381 e. The molecule has 4 heteroatoms. The van der Waals surface area contributed by atoms with E-state index >= 15 is 0 Å². The van der Waals surface area contributed by atoms with Crippen molar-refractivity contribution in [2.24, 2.45) is 0 Å². The van der Waals surface area contributed by atoms with Crippen LogP contribution < -0.4 is 0 Å². The standard InChI is InChI=1S/C22H46O3S/c1-3-5-7-9-11-13-17-24-19-15-21-26(23)22-16-20-25-18-14-12-10-8-6-4-2/h3-22H2,1-2H3. The fraction of sp³-hybridized carbons (Fsp3) is 1.00. The van der Waals surface area contributed by atoms with Crippen LogP contribution in [-0.2, 0) is 20.3 Å². The van der Waals surface area contributed by atoms with Crippen LogP contribution in [0.4, 0.5) is 0 Å². The zero-order valence-electron chi connectivity index (χ0n) is 17.8. The molecule has 0 aromatic rings. The van der Waals surface area contributed by atoms with Crippen LogP contribution in [0.3, 0.4) is 0 Å². The Kier molecular flexibility index (Phi) is 23.2. The van der Waals surface area contributed by atoms with E-state index in [9.17, 15) is 4.21 Å². The Labute approximate surface area is 166 Å². The van der Waals surface area contributed by atoms with Crippen molar-refractivity contribution in [1.29, 1.82) is 0 Å². The highest BCUT2D eigenvalue weighted by atomic mass is 32.2. The fourth-order valence-electron chi connectivity index (χ4n) is 2.92. The first kappa shape index (κ1) is 26.1. The monoisotopic (exact) mass is 390 g/mol. The van der Waals surface area contributed by atoms with Gasteiger partial charge >= 0.3 is 0 Å². The maximum Gasteiger partial charge on any atom is 0.0474 e. The summed E-state index contributed by atoms with van der Waals surface area (Å²) < 4.78 is 23.2. The Balaban J connectivity index is 3.13. The van der Waals surface area contributed by atoms with Gasteiger partial charge in [0, 0.05) is 48.7 Å². The van der Waals surface area contributed by atoms with Gasteiger partial charge in [-0.05, 0) is 25.7 Å². The predicted octanol–water partition coefficient (Wildman–Crippen LogP) is 6.27. The molecule has 26 heavy (non-hydrogen) atoms. The van der Waals surface area contributed by atoms with E-state index in [4.69, 9.17) is 9.47 Å². The molecular formula is C22H46O3S. The number of hydrogen-bond donors (Lipinski definition) is 0. The van der Waals surface area contributed by atoms with Crippen LogP contribution in [0.15, 0.2) is 0 Å². The molecule has 0 fully saturated rings. The van der Waals surface area contributed by atoms with Crippen LogP contribution in [0.5, 0.6) is 0 Å². The van der Waals surface area contributed by atoms with E-state index in [1.807, 2.05) is 0 Å². The van der Waals surface area contributed by atoms with Gasteiger partial charge in [0.25, 0.3) is 0 Å².